The van der Waals surface area contributed by atoms with Gasteiger partial charge in [-0.15, -0.1) is 0 Å². The number of amides is 2. The summed E-state index contributed by atoms with van der Waals surface area (Å²) >= 11 is 0. The molecule has 1 aromatic carbocycles. The average Bonchev–Trinajstić information content (AvgIpc) is 3.15. The predicted molar refractivity (Wildman–Crippen MR) is 92.3 cm³/mol. The van der Waals surface area contributed by atoms with Gasteiger partial charge in [-0.1, -0.05) is 6.07 Å². The minimum Gasteiger partial charge on any atom is -0.442 e. The van der Waals surface area contributed by atoms with E-state index in [-0.39, 0.29) is 18.1 Å². The Hall–Kier alpha value is -2.83. The van der Waals surface area contributed by atoms with Crippen molar-refractivity contribution >= 4 is 17.7 Å². The molecule has 0 saturated carbocycles. The summed E-state index contributed by atoms with van der Waals surface area (Å²) in [6.45, 7) is 2.22. The van der Waals surface area contributed by atoms with Gasteiger partial charge in [0.15, 0.2) is 0 Å². The molecule has 7 heteroatoms. The zero-order valence-corrected chi connectivity index (χ0v) is 14.0. The van der Waals surface area contributed by atoms with Crippen LogP contribution in [0.5, 0.6) is 0 Å². The SMILES string of the molecule is CC(=O)NCC1CN(c2ccc3c(c2)CCCc2[nH]ncc2-3)C(=O)O1. The molecule has 1 aromatic heterocycles. The highest BCUT2D eigenvalue weighted by molar-refractivity contribution is 5.90. The summed E-state index contributed by atoms with van der Waals surface area (Å²) < 4.78 is 5.35. The highest BCUT2D eigenvalue weighted by atomic mass is 16.6. The molecule has 130 valence electrons. The minimum atomic E-state index is -0.368. The van der Waals surface area contributed by atoms with Gasteiger partial charge in [-0.05, 0) is 42.5 Å². The standard InChI is InChI=1S/C18H20N4O3/c1-11(23)19-8-14-10-22(18(24)25-14)13-5-6-15-12(7-13)3-2-4-17-16(15)9-20-21-17/h5-7,9,14H,2-4,8,10H2,1H3,(H,19,23)(H,20,21). The third kappa shape index (κ3) is 2.97. The molecular weight excluding hydrogens is 320 g/mol. The van der Waals surface area contributed by atoms with Gasteiger partial charge >= 0.3 is 6.09 Å². The molecule has 25 heavy (non-hydrogen) atoms. The maximum atomic E-state index is 12.2. The van der Waals surface area contributed by atoms with Gasteiger partial charge < -0.3 is 10.1 Å². The topological polar surface area (TPSA) is 87.3 Å². The predicted octanol–water partition coefficient (Wildman–Crippen LogP) is 2.03. The summed E-state index contributed by atoms with van der Waals surface area (Å²) in [6, 6.07) is 6.07. The number of aromatic amines is 1. The lowest BCUT2D eigenvalue weighted by Gasteiger charge is -2.16. The number of rotatable bonds is 3. The first-order chi connectivity index (χ1) is 12.1. The highest BCUT2D eigenvalue weighted by Gasteiger charge is 2.32. The number of benzene rings is 1. The van der Waals surface area contributed by atoms with Gasteiger partial charge in [0.2, 0.25) is 5.91 Å². The molecule has 2 heterocycles. The van der Waals surface area contributed by atoms with Crippen LogP contribution in [0.4, 0.5) is 10.5 Å². The van der Waals surface area contributed by atoms with Crippen LogP contribution >= 0.6 is 0 Å². The summed E-state index contributed by atoms with van der Waals surface area (Å²) in [5.41, 5.74) is 5.54. The average molecular weight is 340 g/mol. The van der Waals surface area contributed by atoms with Crippen molar-refractivity contribution in [2.75, 3.05) is 18.0 Å². The fourth-order valence-electron chi connectivity index (χ4n) is 3.51. The Kier molecular flexibility index (Phi) is 3.91. The smallest absolute Gasteiger partial charge is 0.414 e. The molecule has 0 radical (unpaired) electrons. The van der Waals surface area contributed by atoms with E-state index in [1.807, 2.05) is 12.3 Å². The summed E-state index contributed by atoms with van der Waals surface area (Å²) in [4.78, 5) is 24.9. The van der Waals surface area contributed by atoms with E-state index in [0.29, 0.717) is 13.1 Å². The first-order valence-corrected chi connectivity index (χ1v) is 8.50. The van der Waals surface area contributed by atoms with E-state index in [9.17, 15) is 9.59 Å². The fraction of sp³-hybridized carbons (Fsp3) is 0.389. The van der Waals surface area contributed by atoms with Gasteiger partial charge in [0.25, 0.3) is 0 Å². The number of nitrogens with one attached hydrogen (secondary N) is 2. The number of aromatic nitrogens is 2. The molecule has 1 unspecified atom stereocenters. The van der Waals surface area contributed by atoms with Crippen LogP contribution in [0, 0.1) is 0 Å². The van der Waals surface area contributed by atoms with E-state index in [2.05, 4.69) is 27.6 Å². The van der Waals surface area contributed by atoms with Crippen molar-refractivity contribution in [2.45, 2.75) is 32.3 Å². The van der Waals surface area contributed by atoms with Gasteiger partial charge in [0.1, 0.15) is 6.10 Å². The van der Waals surface area contributed by atoms with Crippen LogP contribution < -0.4 is 10.2 Å². The van der Waals surface area contributed by atoms with Crippen LogP contribution in [0.25, 0.3) is 11.1 Å². The molecule has 2 aromatic rings. The molecule has 2 amide bonds. The number of carbonyl (C=O) groups excluding carboxylic acids is 2. The molecule has 7 nitrogen and oxygen atoms in total. The molecule has 0 bridgehead atoms. The van der Waals surface area contributed by atoms with Crippen molar-refractivity contribution in [1.29, 1.82) is 0 Å². The lowest BCUT2D eigenvalue weighted by atomic mass is 9.99. The maximum Gasteiger partial charge on any atom is 0.414 e. The molecule has 1 fully saturated rings. The monoisotopic (exact) mass is 340 g/mol. The van der Waals surface area contributed by atoms with Gasteiger partial charge in [-0.25, -0.2) is 4.79 Å². The van der Waals surface area contributed by atoms with Gasteiger partial charge in [0.05, 0.1) is 19.3 Å². The summed E-state index contributed by atoms with van der Waals surface area (Å²) in [7, 11) is 0. The summed E-state index contributed by atoms with van der Waals surface area (Å²) in [5.74, 6) is -0.129. The molecule has 1 aliphatic heterocycles. The number of nitrogens with zero attached hydrogens (tertiary/aromatic N) is 2. The maximum absolute atomic E-state index is 12.2. The minimum absolute atomic E-state index is 0.129. The first kappa shape index (κ1) is 15.7. The number of ether oxygens (including phenoxy) is 1. The van der Waals surface area contributed by atoms with Crippen LogP contribution in [0.2, 0.25) is 0 Å². The van der Waals surface area contributed by atoms with Gasteiger partial charge in [-0.2, -0.15) is 5.10 Å². The Balaban J connectivity index is 1.58. The molecule has 4 rings (SSSR count). The lowest BCUT2D eigenvalue weighted by Crippen LogP contribution is -2.33. The second-order valence-corrected chi connectivity index (χ2v) is 6.51. The van der Waals surface area contributed by atoms with Crippen molar-refractivity contribution in [1.82, 2.24) is 15.5 Å². The van der Waals surface area contributed by atoms with Crippen molar-refractivity contribution < 1.29 is 14.3 Å². The van der Waals surface area contributed by atoms with Crippen molar-refractivity contribution in [3.8, 4) is 11.1 Å². The Morgan fingerprint density at radius 2 is 2.28 bits per heavy atom. The Morgan fingerprint density at radius 1 is 1.40 bits per heavy atom. The molecule has 1 aliphatic carbocycles. The van der Waals surface area contributed by atoms with Gasteiger partial charge in [0, 0.05) is 23.9 Å². The normalized spacial score (nSPS) is 19.0. The van der Waals surface area contributed by atoms with Crippen molar-refractivity contribution in [2.24, 2.45) is 0 Å². The summed E-state index contributed by atoms with van der Waals surface area (Å²) in [6.07, 6.45) is 4.16. The van der Waals surface area contributed by atoms with Crippen molar-refractivity contribution in [3.05, 3.63) is 35.7 Å². The fourth-order valence-corrected chi connectivity index (χ4v) is 3.51. The Morgan fingerprint density at radius 3 is 3.12 bits per heavy atom. The number of aryl methyl sites for hydroxylation is 2. The quantitative estimate of drug-likeness (QED) is 0.895. The number of hydrogen-bond donors (Lipinski definition) is 2. The molecule has 0 spiro atoms. The molecule has 2 aliphatic rings. The highest BCUT2D eigenvalue weighted by Crippen LogP contribution is 2.34. The molecule has 1 saturated heterocycles. The van der Waals surface area contributed by atoms with Crippen LogP contribution in [-0.4, -0.2) is 41.4 Å². The third-order valence-electron chi connectivity index (χ3n) is 4.73. The van der Waals surface area contributed by atoms with Crippen molar-refractivity contribution in [3.63, 3.8) is 0 Å². The third-order valence-corrected chi connectivity index (χ3v) is 4.73. The Bertz CT molecular complexity index is 829. The van der Waals surface area contributed by atoms with E-state index in [1.165, 1.54) is 23.7 Å². The second kappa shape index (κ2) is 6.23. The number of fused-ring (bicyclic) bond motifs is 3. The zero-order chi connectivity index (χ0) is 17.4. The Labute approximate surface area is 145 Å². The summed E-state index contributed by atoms with van der Waals surface area (Å²) in [5, 5.41) is 9.93. The van der Waals surface area contributed by atoms with Crippen LogP contribution in [0.1, 0.15) is 24.6 Å². The molecular formula is C18H20N4O3. The largest absolute Gasteiger partial charge is 0.442 e. The number of H-pyrrole nitrogens is 1. The van der Waals surface area contributed by atoms with E-state index < -0.39 is 0 Å². The van der Waals surface area contributed by atoms with E-state index >= 15 is 0 Å². The number of cyclic esters (lactones) is 1. The van der Waals surface area contributed by atoms with E-state index in [4.69, 9.17) is 4.74 Å². The van der Waals surface area contributed by atoms with E-state index in [0.717, 1.165) is 30.5 Å². The second-order valence-electron chi connectivity index (χ2n) is 6.51. The number of anilines is 1. The first-order valence-electron chi connectivity index (χ1n) is 8.50. The van der Waals surface area contributed by atoms with Crippen LogP contribution in [0.3, 0.4) is 0 Å². The zero-order valence-electron chi connectivity index (χ0n) is 14.0. The molecule has 1 atom stereocenters. The van der Waals surface area contributed by atoms with E-state index in [1.54, 1.807) is 4.90 Å². The lowest BCUT2D eigenvalue weighted by molar-refractivity contribution is -0.119. The number of hydrogen-bond acceptors (Lipinski definition) is 4. The van der Waals surface area contributed by atoms with Crippen LogP contribution in [-0.2, 0) is 22.4 Å². The molecule has 2 N–H and O–H groups in total. The van der Waals surface area contributed by atoms with Gasteiger partial charge in [-0.3, -0.25) is 14.8 Å². The number of carbonyl (C=O) groups is 2. The van der Waals surface area contributed by atoms with Crippen LogP contribution in [0.15, 0.2) is 24.4 Å².